The van der Waals surface area contributed by atoms with Gasteiger partial charge in [0.05, 0.1) is 6.61 Å². The fourth-order valence-corrected chi connectivity index (χ4v) is 2.87. The summed E-state index contributed by atoms with van der Waals surface area (Å²) >= 11 is 0. The highest BCUT2D eigenvalue weighted by atomic mass is 16.5. The van der Waals surface area contributed by atoms with E-state index in [1.165, 1.54) is 5.56 Å². The minimum absolute atomic E-state index is 0.438. The molecule has 0 aliphatic carbocycles. The van der Waals surface area contributed by atoms with E-state index in [1.54, 1.807) is 7.11 Å². The molecule has 3 heteroatoms. The van der Waals surface area contributed by atoms with E-state index in [2.05, 4.69) is 54.4 Å². The zero-order valence-corrected chi connectivity index (χ0v) is 12.3. The van der Waals surface area contributed by atoms with Crippen LogP contribution in [0.5, 0.6) is 0 Å². The third kappa shape index (κ3) is 3.78. The summed E-state index contributed by atoms with van der Waals surface area (Å²) in [5.74, 6) is 0.620. The van der Waals surface area contributed by atoms with Gasteiger partial charge in [-0.2, -0.15) is 0 Å². The maximum atomic E-state index is 5.40. The van der Waals surface area contributed by atoms with E-state index in [9.17, 15) is 0 Å². The number of benzene rings is 1. The molecule has 2 rings (SSSR count). The maximum absolute atomic E-state index is 5.40. The van der Waals surface area contributed by atoms with Gasteiger partial charge in [-0.15, -0.1) is 0 Å². The topological polar surface area (TPSA) is 24.5 Å². The summed E-state index contributed by atoms with van der Waals surface area (Å²) in [5.41, 5.74) is 1.38. The van der Waals surface area contributed by atoms with Crippen LogP contribution in [0.15, 0.2) is 30.3 Å². The number of piperazine rings is 1. The first-order valence-electron chi connectivity index (χ1n) is 7.23. The summed E-state index contributed by atoms with van der Waals surface area (Å²) in [5, 5.41) is 3.62. The highest BCUT2D eigenvalue weighted by Gasteiger charge is 2.27. The van der Waals surface area contributed by atoms with Gasteiger partial charge in [0.2, 0.25) is 0 Å². The molecule has 0 radical (unpaired) electrons. The molecule has 1 N–H and O–H groups in total. The number of methoxy groups -OCH3 is 1. The van der Waals surface area contributed by atoms with Gasteiger partial charge in [-0.25, -0.2) is 0 Å². The van der Waals surface area contributed by atoms with Gasteiger partial charge in [-0.3, -0.25) is 4.90 Å². The molecular weight excluding hydrogens is 236 g/mol. The Bertz CT molecular complexity index is 366. The second-order valence-corrected chi connectivity index (χ2v) is 5.68. The van der Waals surface area contributed by atoms with Crippen LogP contribution in [0, 0.1) is 5.92 Å². The Kier molecular flexibility index (Phi) is 5.37. The van der Waals surface area contributed by atoms with Gasteiger partial charge in [0.1, 0.15) is 0 Å². The van der Waals surface area contributed by atoms with Crippen LogP contribution in [0.2, 0.25) is 0 Å². The zero-order chi connectivity index (χ0) is 13.7. The standard InChI is InChI=1S/C16H26N2O/c1-13(2)16(12-19-3)18-10-9-17-15(11-18)14-7-5-4-6-8-14/h4-8,13,15-17H,9-12H2,1-3H3. The van der Waals surface area contributed by atoms with Gasteiger partial charge in [0, 0.05) is 38.8 Å². The van der Waals surface area contributed by atoms with Crippen LogP contribution in [-0.2, 0) is 4.74 Å². The quantitative estimate of drug-likeness (QED) is 0.881. The summed E-state index contributed by atoms with van der Waals surface area (Å²) in [6.07, 6.45) is 0. The lowest BCUT2D eigenvalue weighted by Crippen LogP contribution is -2.52. The highest BCUT2D eigenvalue weighted by Crippen LogP contribution is 2.21. The molecule has 0 aromatic heterocycles. The molecule has 1 aromatic rings. The van der Waals surface area contributed by atoms with Crippen molar-refractivity contribution in [2.24, 2.45) is 5.92 Å². The van der Waals surface area contributed by atoms with Crippen LogP contribution in [-0.4, -0.2) is 44.3 Å². The van der Waals surface area contributed by atoms with Crippen LogP contribution in [0.25, 0.3) is 0 Å². The van der Waals surface area contributed by atoms with E-state index in [0.29, 0.717) is 18.0 Å². The summed E-state index contributed by atoms with van der Waals surface area (Å²) in [6, 6.07) is 11.7. The van der Waals surface area contributed by atoms with E-state index in [0.717, 1.165) is 26.2 Å². The Hall–Kier alpha value is -0.900. The van der Waals surface area contributed by atoms with E-state index in [4.69, 9.17) is 4.74 Å². The Morgan fingerprint density at radius 2 is 2.05 bits per heavy atom. The van der Waals surface area contributed by atoms with E-state index < -0.39 is 0 Å². The van der Waals surface area contributed by atoms with Crippen molar-refractivity contribution in [3.05, 3.63) is 35.9 Å². The van der Waals surface area contributed by atoms with Gasteiger partial charge in [0.15, 0.2) is 0 Å². The van der Waals surface area contributed by atoms with Gasteiger partial charge in [-0.05, 0) is 11.5 Å². The largest absolute Gasteiger partial charge is 0.383 e. The first-order valence-corrected chi connectivity index (χ1v) is 7.23. The van der Waals surface area contributed by atoms with Crippen LogP contribution in [0.4, 0.5) is 0 Å². The van der Waals surface area contributed by atoms with Crippen LogP contribution < -0.4 is 5.32 Å². The number of rotatable bonds is 5. The summed E-state index contributed by atoms with van der Waals surface area (Å²) in [6.45, 7) is 8.60. The normalized spacial score (nSPS) is 22.6. The Labute approximate surface area is 116 Å². The molecule has 19 heavy (non-hydrogen) atoms. The fourth-order valence-electron chi connectivity index (χ4n) is 2.87. The Morgan fingerprint density at radius 3 is 2.68 bits per heavy atom. The molecule has 0 saturated carbocycles. The predicted octanol–water partition coefficient (Wildman–Crippen LogP) is 2.30. The average molecular weight is 262 g/mol. The molecule has 1 saturated heterocycles. The van der Waals surface area contributed by atoms with Crippen molar-refractivity contribution in [2.75, 3.05) is 33.4 Å². The number of nitrogens with zero attached hydrogens (tertiary/aromatic N) is 1. The average Bonchev–Trinajstić information content (AvgIpc) is 2.45. The predicted molar refractivity (Wildman–Crippen MR) is 79.3 cm³/mol. The minimum Gasteiger partial charge on any atom is -0.383 e. The summed E-state index contributed by atoms with van der Waals surface area (Å²) in [4.78, 5) is 2.57. The molecule has 0 spiro atoms. The first kappa shape index (κ1) is 14.5. The lowest BCUT2D eigenvalue weighted by molar-refractivity contribution is 0.0457. The maximum Gasteiger partial charge on any atom is 0.0620 e. The smallest absolute Gasteiger partial charge is 0.0620 e. The molecular formula is C16H26N2O. The van der Waals surface area contributed by atoms with Crippen molar-refractivity contribution < 1.29 is 4.74 Å². The van der Waals surface area contributed by atoms with E-state index in [-0.39, 0.29) is 0 Å². The van der Waals surface area contributed by atoms with Crippen molar-refractivity contribution in [1.82, 2.24) is 10.2 Å². The van der Waals surface area contributed by atoms with Gasteiger partial charge >= 0.3 is 0 Å². The number of hydrogen-bond donors (Lipinski definition) is 1. The number of nitrogens with one attached hydrogen (secondary N) is 1. The summed E-state index contributed by atoms with van der Waals surface area (Å²) < 4.78 is 5.40. The molecule has 106 valence electrons. The van der Waals surface area contributed by atoms with Gasteiger partial charge in [-0.1, -0.05) is 44.2 Å². The van der Waals surface area contributed by atoms with Gasteiger partial charge < -0.3 is 10.1 Å². The molecule has 1 heterocycles. The molecule has 1 aliphatic heterocycles. The zero-order valence-electron chi connectivity index (χ0n) is 12.3. The lowest BCUT2D eigenvalue weighted by Gasteiger charge is -2.40. The van der Waals surface area contributed by atoms with Crippen molar-refractivity contribution >= 4 is 0 Å². The van der Waals surface area contributed by atoms with Crippen molar-refractivity contribution in [1.29, 1.82) is 0 Å². The monoisotopic (exact) mass is 262 g/mol. The van der Waals surface area contributed by atoms with E-state index in [1.807, 2.05) is 0 Å². The molecule has 2 unspecified atom stereocenters. The van der Waals surface area contributed by atoms with Crippen molar-refractivity contribution in [3.63, 3.8) is 0 Å². The van der Waals surface area contributed by atoms with Crippen molar-refractivity contribution in [2.45, 2.75) is 25.9 Å². The number of ether oxygens (including phenoxy) is 1. The third-order valence-electron chi connectivity index (χ3n) is 3.98. The molecule has 2 atom stereocenters. The third-order valence-corrected chi connectivity index (χ3v) is 3.98. The number of hydrogen-bond acceptors (Lipinski definition) is 3. The molecule has 0 bridgehead atoms. The van der Waals surface area contributed by atoms with Crippen LogP contribution in [0.1, 0.15) is 25.5 Å². The first-order chi connectivity index (χ1) is 9.22. The lowest BCUT2D eigenvalue weighted by atomic mass is 9.99. The summed E-state index contributed by atoms with van der Waals surface area (Å²) in [7, 11) is 1.80. The van der Waals surface area contributed by atoms with Crippen LogP contribution >= 0.6 is 0 Å². The van der Waals surface area contributed by atoms with E-state index >= 15 is 0 Å². The van der Waals surface area contributed by atoms with Crippen LogP contribution in [0.3, 0.4) is 0 Å². The molecule has 1 aliphatic rings. The fraction of sp³-hybridized carbons (Fsp3) is 0.625. The molecule has 3 nitrogen and oxygen atoms in total. The SMILES string of the molecule is COCC(C(C)C)N1CCNC(c2ccccc2)C1. The second kappa shape index (κ2) is 7.04. The highest BCUT2D eigenvalue weighted by molar-refractivity contribution is 5.19. The Balaban J connectivity index is 2.04. The molecule has 1 fully saturated rings. The minimum atomic E-state index is 0.438. The molecule has 1 aromatic carbocycles. The Morgan fingerprint density at radius 1 is 1.32 bits per heavy atom. The second-order valence-electron chi connectivity index (χ2n) is 5.68. The van der Waals surface area contributed by atoms with Gasteiger partial charge in [0.25, 0.3) is 0 Å². The van der Waals surface area contributed by atoms with Crippen molar-refractivity contribution in [3.8, 4) is 0 Å². The molecule has 0 amide bonds.